The van der Waals surface area contributed by atoms with Crippen molar-refractivity contribution in [2.75, 3.05) is 39.3 Å². The van der Waals surface area contributed by atoms with E-state index in [0.29, 0.717) is 6.54 Å². The Labute approximate surface area is 99.2 Å². The minimum Gasteiger partial charge on any atom is -0.316 e. The van der Waals surface area contributed by atoms with Crippen molar-refractivity contribution >= 4 is 0 Å². The first-order valence-corrected chi connectivity index (χ1v) is 5.84. The van der Waals surface area contributed by atoms with Gasteiger partial charge >= 0.3 is 0 Å². The molecule has 0 unspecified atom stereocenters. The Bertz CT molecular complexity index is 308. The molecule has 0 amide bonds. The van der Waals surface area contributed by atoms with Crippen molar-refractivity contribution in [3.8, 4) is 11.8 Å². The summed E-state index contributed by atoms with van der Waals surface area (Å²) < 4.78 is 0. The van der Waals surface area contributed by atoms with Crippen molar-refractivity contribution in [1.82, 2.24) is 9.80 Å². The molecule has 16 heavy (non-hydrogen) atoms. The number of hydrogen-bond donors (Lipinski definition) is 0. The molecule has 1 saturated heterocycles. The number of nitrogens with zero attached hydrogens (tertiary/aromatic N) is 3. The SMILES string of the molecule is [C-]#[N+]CCN1CCN(C(C)(C)C#CC)CC1. The molecule has 0 atom stereocenters. The summed E-state index contributed by atoms with van der Waals surface area (Å²) in [6.45, 7) is 18.8. The molecule has 88 valence electrons. The van der Waals surface area contributed by atoms with Gasteiger partial charge in [0.1, 0.15) is 0 Å². The van der Waals surface area contributed by atoms with Crippen LogP contribution in [-0.2, 0) is 0 Å². The zero-order valence-corrected chi connectivity index (χ0v) is 10.6. The van der Waals surface area contributed by atoms with E-state index in [-0.39, 0.29) is 5.54 Å². The number of rotatable bonds is 3. The van der Waals surface area contributed by atoms with E-state index in [1.54, 1.807) is 0 Å². The van der Waals surface area contributed by atoms with Crippen LogP contribution < -0.4 is 0 Å². The minimum atomic E-state index is -0.0133. The van der Waals surface area contributed by atoms with Gasteiger partial charge in [0.15, 0.2) is 0 Å². The molecule has 1 aliphatic rings. The molecule has 0 aromatic heterocycles. The first kappa shape index (κ1) is 13.0. The molecule has 1 heterocycles. The van der Waals surface area contributed by atoms with E-state index < -0.39 is 0 Å². The fourth-order valence-corrected chi connectivity index (χ4v) is 2.11. The summed E-state index contributed by atoms with van der Waals surface area (Å²) in [5.74, 6) is 6.26. The van der Waals surface area contributed by atoms with E-state index in [0.717, 1.165) is 32.7 Å². The molecule has 0 aromatic rings. The van der Waals surface area contributed by atoms with E-state index in [2.05, 4.69) is 40.3 Å². The molecule has 3 nitrogen and oxygen atoms in total. The molecule has 0 radical (unpaired) electrons. The summed E-state index contributed by atoms with van der Waals surface area (Å²) in [5, 5.41) is 0. The van der Waals surface area contributed by atoms with Gasteiger partial charge in [0.05, 0.1) is 12.1 Å². The fraction of sp³-hybridized carbons (Fsp3) is 0.769. The number of hydrogen-bond acceptors (Lipinski definition) is 2. The van der Waals surface area contributed by atoms with Crippen molar-refractivity contribution in [2.24, 2.45) is 0 Å². The first-order chi connectivity index (χ1) is 7.60. The molecule has 1 rings (SSSR count). The average molecular weight is 219 g/mol. The van der Waals surface area contributed by atoms with E-state index in [4.69, 9.17) is 6.57 Å². The zero-order valence-electron chi connectivity index (χ0n) is 10.6. The van der Waals surface area contributed by atoms with Crippen LogP contribution in [0.4, 0.5) is 0 Å². The average Bonchev–Trinajstić information content (AvgIpc) is 2.27. The van der Waals surface area contributed by atoms with E-state index in [1.165, 1.54) is 0 Å². The summed E-state index contributed by atoms with van der Waals surface area (Å²) in [6.07, 6.45) is 0. The Hall–Kier alpha value is -1.03. The predicted octanol–water partition coefficient (Wildman–Crippen LogP) is 1.33. The summed E-state index contributed by atoms with van der Waals surface area (Å²) >= 11 is 0. The molecular weight excluding hydrogens is 198 g/mol. The Balaban J connectivity index is 2.42. The Morgan fingerprint density at radius 3 is 2.38 bits per heavy atom. The van der Waals surface area contributed by atoms with Crippen LogP contribution in [0.15, 0.2) is 0 Å². The van der Waals surface area contributed by atoms with E-state index >= 15 is 0 Å². The van der Waals surface area contributed by atoms with E-state index in [1.807, 2.05) is 6.92 Å². The largest absolute Gasteiger partial charge is 0.316 e. The van der Waals surface area contributed by atoms with Crippen molar-refractivity contribution in [3.63, 3.8) is 0 Å². The summed E-state index contributed by atoms with van der Waals surface area (Å²) in [5.41, 5.74) is -0.0133. The van der Waals surface area contributed by atoms with Crippen LogP contribution in [0.3, 0.4) is 0 Å². The first-order valence-electron chi connectivity index (χ1n) is 5.84. The van der Waals surface area contributed by atoms with Gasteiger partial charge in [-0.15, -0.1) is 5.92 Å². The normalized spacial score (nSPS) is 18.6. The third-order valence-corrected chi connectivity index (χ3v) is 3.12. The van der Waals surface area contributed by atoms with Gasteiger partial charge in [-0.3, -0.25) is 9.80 Å². The summed E-state index contributed by atoms with van der Waals surface area (Å²) in [7, 11) is 0. The summed E-state index contributed by atoms with van der Waals surface area (Å²) in [4.78, 5) is 8.19. The van der Waals surface area contributed by atoms with Gasteiger partial charge in [0, 0.05) is 26.2 Å². The summed E-state index contributed by atoms with van der Waals surface area (Å²) in [6, 6.07) is 0. The molecule has 3 heteroatoms. The number of piperazine rings is 1. The Kier molecular flexibility index (Phi) is 4.80. The van der Waals surface area contributed by atoms with Gasteiger partial charge < -0.3 is 4.85 Å². The van der Waals surface area contributed by atoms with Crippen LogP contribution in [-0.4, -0.2) is 54.6 Å². The molecule has 0 saturated carbocycles. The van der Waals surface area contributed by atoms with Crippen LogP contribution in [0.25, 0.3) is 4.85 Å². The fourth-order valence-electron chi connectivity index (χ4n) is 2.11. The third kappa shape index (κ3) is 3.52. The highest BCUT2D eigenvalue weighted by Gasteiger charge is 2.28. The van der Waals surface area contributed by atoms with Crippen LogP contribution in [0.5, 0.6) is 0 Å². The molecule has 1 aliphatic heterocycles. The second-order valence-electron chi connectivity index (χ2n) is 4.64. The predicted molar refractivity (Wildman–Crippen MR) is 67.0 cm³/mol. The van der Waals surface area contributed by atoms with Crippen LogP contribution in [0, 0.1) is 18.4 Å². The van der Waals surface area contributed by atoms with Gasteiger partial charge in [0.25, 0.3) is 0 Å². The second-order valence-corrected chi connectivity index (χ2v) is 4.64. The van der Waals surface area contributed by atoms with Crippen LogP contribution in [0.2, 0.25) is 0 Å². The van der Waals surface area contributed by atoms with Gasteiger partial charge in [-0.1, -0.05) is 5.92 Å². The van der Waals surface area contributed by atoms with Crippen LogP contribution in [0.1, 0.15) is 20.8 Å². The molecule has 0 bridgehead atoms. The maximum Gasteiger partial charge on any atom is 0.227 e. The van der Waals surface area contributed by atoms with Gasteiger partial charge in [0.2, 0.25) is 6.54 Å². The lowest BCUT2D eigenvalue weighted by Gasteiger charge is -2.41. The molecule has 0 N–H and O–H groups in total. The highest BCUT2D eigenvalue weighted by Crippen LogP contribution is 2.15. The van der Waals surface area contributed by atoms with Gasteiger partial charge in [-0.25, -0.2) is 6.57 Å². The maximum absolute atomic E-state index is 6.78. The van der Waals surface area contributed by atoms with E-state index in [9.17, 15) is 0 Å². The Morgan fingerprint density at radius 2 is 1.88 bits per heavy atom. The van der Waals surface area contributed by atoms with Crippen molar-refractivity contribution in [2.45, 2.75) is 26.3 Å². The monoisotopic (exact) mass is 219 g/mol. The lowest BCUT2D eigenvalue weighted by molar-refractivity contribution is 0.0837. The molecular formula is C13H21N3. The highest BCUT2D eigenvalue weighted by atomic mass is 15.3. The lowest BCUT2D eigenvalue weighted by atomic mass is 10.0. The highest BCUT2D eigenvalue weighted by molar-refractivity contribution is 5.13. The molecule has 1 fully saturated rings. The smallest absolute Gasteiger partial charge is 0.227 e. The minimum absolute atomic E-state index is 0.0133. The van der Waals surface area contributed by atoms with Crippen molar-refractivity contribution in [1.29, 1.82) is 0 Å². The van der Waals surface area contributed by atoms with Crippen molar-refractivity contribution < 1.29 is 0 Å². The van der Waals surface area contributed by atoms with Gasteiger partial charge in [-0.05, 0) is 20.8 Å². The lowest BCUT2D eigenvalue weighted by Crippen LogP contribution is -2.54. The molecule has 0 spiro atoms. The Morgan fingerprint density at radius 1 is 1.25 bits per heavy atom. The zero-order chi connectivity index (χ0) is 12.0. The van der Waals surface area contributed by atoms with Crippen molar-refractivity contribution in [3.05, 3.63) is 11.4 Å². The molecule has 0 aromatic carbocycles. The third-order valence-electron chi connectivity index (χ3n) is 3.12. The standard InChI is InChI=1S/C13H21N3/c1-5-6-13(2,3)16-11-9-15(10-12-16)8-7-14-4/h7-12H2,1-3H3. The van der Waals surface area contributed by atoms with Crippen LogP contribution >= 0.6 is 0 Å². The maximum atomic E-state index is 6.78. The second kappa shape index (κ2) is 5.89. The quantitative estimate of drug-likeness (QED) is 0.524. The topological polar surface area (TPSA) is 10.8 Å². The molecule has 0 aliphatic carbocycles. The van der Waals surface area contributed by atoms with Gasteiger partial charge in [-0.2, -0.15) is 0 Å².